The van der Waals surface area contributed by atoms with Gasteiger partial charge in [-0.2, -0.15) is 13.2 Å². The van der Waals surface area contributed by atoms with Gasteiger partial charge in [0.2, 0.25) is 0 Å². The summed E-state index contributed by atoms with van der Waals surface area (Å²) in [7, 11) is 1.53. The van der Waals surface area contributed by atoms with Crippen LogP contribution in [0.15, 0.2) is 24.3 Å². The van der Waals surface area contributed by atoms with E-state index in [2.05, 4.69) is 10.1 Å². The van der Waals surface area contributed by atoms with Crippen molar-refractivity contribution in [3.8, 4) is 5.75 Å². The molecule has 0 aliphatic rings. The van der Waals surface area contributed by atoms with Crippen LogP contribution in [-0.4, -0.2) is 33.0 Å². The number of halogens is 3. The van der Waals surface area contributed by atoms with Gasteiger partial charge in [-0.15, -0.1) is 0 Å². The van der Waals surface area contributed by atoms with Crippen LogP contribution in [0.25, 0.3) is 0 Å². The molecular weight excluding hydrogens is 235 g/mol. The van der Waals surface area contributed by atoms with E-state index in [9.17, 15) is 13.2 Å². The monoisotopic (exact) mass is 249 g/mol. The van der Waals surface area contributed by atoms with Crippen LogP contribution >= 0.6 is 0 Å². The predicted molar refractivity (Wildman–Crippen MR) is 58.4 cm³/mol. The number of anilines is 1. The molecule has 0 saturated heterocycles. The van der Waals surface area contributed by atoms with Crippen LogP contribution in [0, 0.1) is 0 Å². The average molecular weight is 249 g/mol. The Morgan fingerprint density at radius 3 is 2.59 bits per heavy atom. The fourth-order valence-electron chi connectivity index (χ4n) is 1.24. The number of methoxy groups -OCH3 is 1. The molecule has 0 spiro atoms. The minimum atomic E-state index is -4.27. The molecule has 0 unspecified atom stereocenters. The van der Waals surface area contributed by atoms with E-state index in [-0.39, 0.29) is 13.2 Å². The molecule has 0 aliphatic carbocycles. The van der Waals surface area contributed by atoms with Crippen molar-refractivity contribution in [3.63, 3.8) is 0 Å². The second-order valence-electron chi connectivity index (χ2n) is 3.29. The third-order valence-electron chi connectivity index (χ3n) is 1.93. The summed E-state index contributed by atoms with van der Waals surface area (Å²) in [6.45, 7) is -0.950. The Hall–Kier alpha value is -1.43. The van der Waals surface area contributed by atoms with Gasteiger partial charge in [-0.25, -0.2) is 0 Å². The Labute approximate surface area is 97.5 Å². The zero-order valence-electron chi connectivity index (χ0n) is 9.38. The summed E-state index contributed by atoms with van der Waals surface area (Å²) in [5, 5.41) is 2.93. The summed E-state index contributed by atoms with van der Waals surface area (Å²) in [4.78, 5) is 0. The van der Waals surface area contributed by atoms with Crippen molar-refractivity contribution in [3.05, 3.63) is 24.3 Å². The Bertz CT molecular complexity index is 342. The Balaban J connectivity index is 2.27. The summed E-state index contributed by atoms with van der Waals surface area (Å²) in [5.41, 5.74) is 0.727. The fraction of sp³-hybridized carbons (Fsp3) is 0.455. The molecule has 0 bridgehead atoms. The van der Waals surface area contributed by atoms with E-state index in [4.69, 9.17) is 4.74 Å². The Morgan fingerprint density at radius 2 is 1.94 bits per heavy atom. The van der Waals surface area contributed by atoms with Gasteiger partial charge in [0.05, 0.1) is 19.4 Å². The smallest absolute Gasteiger partial charge is 0.411 e. The number of nitrogens with one attached hydrogen (secondary N) is 1. The van der Waals surface area contributed by atoms with Gasteiger partial charge in [-0.1, -0.05) is 12.1 Å². The maximum Gasteiger partial charge on any atom is 0.411 e. The quantitative estimate of drug-likeness (QED) is 0.786. The maximum absolute atomic E-state index is 11.8. The first-order valence-corrected chi connectivity index (χ1v) is 5.04. The first-order valence-electron chi connectivity index (χ1n) is 5.04. The maximum atomic E-state index is 11.8. The highest BCUT2D eigenvalue weighted by atomic mass is 19.4. The molecule has 0 aromatic heterocycles. The van der Waals surface area contributed by atoms with Crippen molar-refractivity contribution < 1.29 is 22.6 Å². The molecule has 0 saturated carbocycles. The number of alkyl halides is 3. The van der Waals surface area contributed by atoms with Gasteiger partial charge in [0.15, 0.2) is 0 Å². The van der Waals surface area contributed by atoms with E-state index in [0.29, 0.717) is 5.75 Å². The number of rotatable bonds is 6. The Morgan fingerprint density at radius 1 is 1.24 bits per heavy atom. The lowest BCUT2D eigenvalue weighted by Crippen LogP contribution is -2.20. The highest BCUT2D eigenvalue weighted by Crippen LogP contribution is 2.22. The molecule has 96 valence electrons. The van der Waals surface area contributed by atoms with E-state index >= 15 is 0 Å². The summed E-state index contributed by atoms with van der Waals surface area (Å²) in [5.74, 6) is 0.642. The first-order chi connectivity index (χ1) is 8.03. The molecule has 1 aromatic carbocycles. The number of hydrogen-bond donors (Lipinski definition) is 1. The predicted octanol–water partition coefficient (Wildman–Crippen LogP) is 2.69. The molecule has 3 nitrogen and oxygen atoms in total. The third-order valence-corrected chi connectivity index (χ3v) is 1.93. The summed E-state index contributed by atoms with van der Waals surface area (Å²) in [6.07, 6.45) is -4.27. The molecule has 0 radical (unpaired) electrons. The summed E-state index contributed by atoms with van der Waals surface area (Å²) in [6, 6.07) is 7.16. The number of para-hydroxylation sites is 2. The van der Waals surface area contributed by atoms with Gasteiger partial charge >= 0.3 is 6.18 Å². The topological polar surface area (TPSA) is 30.5 Å². The summed E-state index contributed by atoms with van der Waals surface area (Å²) < 4.78 is 44.8. The summed E-state index contributed by atoms with van der Waals surface area (Å²) >= 11 is 0. The van der Waals surface area contributed by atoms with Crippen molar-refractivity contribution in [2.45, 2.75) is 6.18 Å². The fourth-order valence-corrected chi connectivity index (χ4v) is 1.24. The minimum Gasteiger partial charge on any atom is -0.495 e. The normalized spacial score (nSPS) is 11.3. The molecule has 0 fully saturated rings. The van der Waals surface area contributed by atoms with Gasteiger partial charge in [-0.05, 0) is 12.1 Å². The average Bonchev–Trinajstić information content (AvgIpc) is 2.27. The van der Waals surface area contributed by atoms with Crippen LogP contribution < -0.4 is 10.1 Å². The highest BCUT2D eigenvalue weighted by Gasteiger charge is 2.27. The zero-order chi connectivity index (χ0) is 12.7. The zero-order valence-corrected chi connectivity index (χ0v) is 9.38. The molecule has 17 heavy (non-hydrogen) atoms. The second-order valence-corrected chi connectivity index (χ2v) is 3.29. The van der Waals surface area contributed by atoms with Crippen LogP contribution in [0.1, 0.15) is 0 Å². The minimum absolute atomic E-state index is 0.0163. The van der Waals surface area contributed by atoms with E-state index in [1.807, 2.05) is 6.07 Å². The standard InChI is InChI=1S/C11H14F3NO2/c1-16-10-5-3-2-4-9(10)15-6-7-17-8-11(12,13)14/h2-5,15H,6-8H2,1H3. The van der Waals surface area contributed by atoms with Crippen molar-refractivity contribution in [2.24, 2.45) is 0 Å². The molecular formula is C11H14F3NO2. The van der Waals surface area contributed by atoms with Gasteiger partial charge in [0.1, 0.15) is 12.4 Å². The van der Waals surface area contributed by atoms with Gasteiger partial charge in [0, 0.05) is 6.54 Å². The second kappa shape index (κ2) is 6.34. The van der Waals surface area contributed by atoms with Crippen molar-refractivity contribution >= 4 is 5.69 Å². The van der Waals surface area contributed by atoms with Crippen molar-refractivity contribution in [1.82, 2.24) is 0 Å². The molecule has 1 aromatic rings. The molecule has 0 heterocycles. The van der Waals surface area contributed by atoms with Crippen LogP contribution in [-0.2, 0) is 4.74 Å². The lowest BCUT2D eigenvalue weighted by molar-refractivity contribution is -0.172. The number of ether oxygens (including phenoxy) is 2. The van der Waals surface area contributed by atoms with Crippen LogP contribution in [0.2, 0.25) is 0 Å². The lowest BCUT2D eigenvalue weighted by atomic mass is 10.3. The van der Waals surface area contributed by atoms with E-state index < -0.39 is 12.8 Å². The van der Waals surface area contributed by atoms with E-state index in [1.165, 1.54) is 7.11 Å². The molecule has 0 amide bonds. The van der Waals surface area contributed by atoms with Gasteiger partial charge in [0.25, 0.3) is 0 Å². The molecule has 6 heteroatoms. The largest absolute Gasteiger partial charge is 0.495 e. The number of hydrogen-bond acceptors (Lipinski definition) is 3. The number of benzene rings is 1. The molecule has 0 atom stereocenters. The highest BCUT2D eigenvalue weighted by molar-refractivity contribution is 5.55. The molecule has 1 rings (SSSR count). The molecule has 1 N–H and O–H groups in total. The Kier molecular flexibility index (Phi) is 5.09. The van der Waals surface area contributed by atoms with Gasteiger partial charge in [-0.3, -0.25) is 0 Å². The van der Waals surface area contributed by atoms with E-state index in [1.54, 1.807) is 18.2 Å². The van der Waals surface area contributed by atoms with Crippen LogP contribution in [0.3, 0.4) is 0 Å². The van der Waals surface area contributed by atoms with Crippen LogP contribution in [0.5, 0.6) is 5.75 Å². The van der Waals surface area contributed by atoms with Gasteiger partial charge < -0.3 is 14.8 Å². The SMILES string of the molecule is COc1ccccc1NCCOCC(F)(F)F. The van der Waals surface area contributed by atoms with E-state index in [0.717, 1.165) is 5.69 Å². The van der Waals surface area contributed by atoms with Crippen molar-refractivity contribution in [2.75, 3.05) is 32.2 Å². The van der Waals surface area contributed by atoms with Crippen molar-refractivity contribution in [1.29, 1.82) is 0 Å². The first kappa shape index (κ1) is 13.6. The third kappa shape index (κ3) is 5.44. The van der Waals surface area contributed by atoms with Crippen LogP contribution in [0.4, 0.5) is 18.9 Å². The molecule has 0 aliphatic heterocycles. The lowest BCUT2D eigenvalue weighted by Gasteiger charge is -2.11.